The van der Waals surface area contributed by atoms with Gasteiger partial charge in [-0.1, -0.05) is 54.6 Å². The number of fused-ring (bicyclic) bond motifs is 1. The summed E-state index contributed by atoms with van der Waals surface area (Å²) in [5.41, 5.74) is 3.41. The second-order valence-corrected chi connectivity index (χ2v) is 4.75. The predicted molar refractivity (Wildman–Crippen MR) is 82.6 cm³/mol. The van der Waals surface area contributed by atoms with Gasteiger partial charge in [0.2, 0.25) is 0 Å². The van der Waals surface area contributed by atoms with Crippen LogP contribution in [-0.4, -0.2) is 0 Å². The van der Waals surface area contributed by atoms with Gasteiger partial charge in [-0.05, 0) is 29.7 Å². The molecule has 0 atom stereocenters. The summed E-state index contributed by atoms with van der Waals surface area (Å²) in [7, 11) is 0. The first-order valence-corrected chi connectivity index (χ1v) is 6.50. The average molecular weight is 262 g/mol. The van der Waals surface area contributed by atoms with Crippen molar-refractivity contribution in [2.75, 3.05) is 0 Å². The Kier molecular flexibility index (Phi) is 3.21. The van der Waals surface area contributed by atoms with Gasteiger partial charge >= 0.3 is 5.63 Å². The molecule has 0 aliphatic heterocycles. The molecule has 0 fully saturated rings. The van der Waals surface area contributed by atoms with Crippen molar-refractivity contribution in [2.24, 2.45) is 0 Å². The fourth-order valence-electron chi connectivity index (χ4n) is 2.20. The first kappa shape index (κ1) is 12.4. The molecule has 0 radical (unpaired) electrons. The number of benzene rings is 2. The summed E-state index contributed by atoms with van der Waals surface area (Å²) in [4.78, 5) is 11.4. The number of hydrogen-bond acceptors (Lipinski definition) is 2. The summed E-state index contributed by atoms with van der Waals surface area (Å²) >= 11 is 0. The minimum atomic E-state index is -0.306. The van der Waals surface area contributed by atoms with Gasteiger partial charge in [-0.25, -0.2) is 4.79 Å². The molecule has 0 aliphatic carbocycles. The maximum atomic E-state index is 11.4. The van der Waals surface area contributed by atoms with Crippen LogP contribution in [0.5, 0.6) is 0 Å². The van der Waals surface area contributed by atoms with E-state index in [1.165, 1.54) is 6.07 Å². The summed E-state index contributed by atoms with van der Waals surface area (Å²) in [5, 5.41) is 0.974. The van der Waals surface area contributed by atoms with Gasteiger partial charge in [-0.3, -0.25) is 0 Å². The van der Waals surface area contributed by atoms with Gasteiger partial charge in [0.05, 0.1) is 0 Å². The van der Waals surface area contributed by atoms with E-state index >= 15 is 0 Å². The van der Waals surface area contributed by atoms with E-state index in [2.05, 4.69) is 0 Å². The zero-order valence-corrected chi connectivity index (χ0v) is 11.2. The van der Waals surface area contributed by atoms with Gasteiger partial charge in [0, 0.05) is 11.5 Å². The SMILES string of the molecule is Cc1cc(=O)oc2cc(C=Cc3ccccc3)ccc12. The third-order valence-corrected chi connectivity index (χ3v) is 3.24. The van der Waals surface area contributed by atoms with Crippen LogP contribution in [-0.2, 0) is 0 Å². The maximum Gasteiger partial charge on any atom is 0.336 e. The van der Waals surface area contributed by atoms with Crippen LogP contribution in [0.2, 0.25) is 0 Å². The molecule has 3 rings (SSSR count). The van der Waals surface area contributed by atoms with Crippen molar-refractivity contribution in [2.45, 2.75) is 6.92 Å². The smallest absolute Gasteiger partial charge is 0.336 e. The van der Waals surface area contributed by atoms with Crippen LogP contribution in [0.15, 0.2) is 63.8 Å². The van der Waals surface area contributed by atoms with Gasteiger partial charge in [0.15, 0.2) is 0 Å². The largest absolute Gasteiger partial charge is 0.423 e. The molecule has 1 aromatic heterocycles. The Bertz CT molecular complexity index is 827. The highest BCUT2D eigenvalue weighted by Crippen LogP contribution is 2.19. The molecule has 2 nitrogen and oxygen atoms in total. The van der Waals surface area contributed by atoms with Crippen molar-refractivity contribution >= 4 is 23.1 Å². The second-order valence-electron chi connectivity index (χ2n) is 4.75. The highest BCUT2D eigenvalue weighted by molar-refractivity contribution is 5.83. The monoisotopic (exact) mass is 262 g/mol. The lowest BCUT2D eigenvalue weighted by molar-refractivity contribution is 0.560. The minimum Gasteiger partial charge on any atom is -0.423 e. The summed E-state index contributed by atoms with van der Waals surface area (Å²) in [6, 6.07) is 17.5. The molecule has 0 unspecified atom stereocenters. The predicted octanol–water partition coefficient (Wildman–Crippen LogP) is 4.27. The fraction of sp³-hybridized carbons (Fsp3) is 0.0556. The van der Waals surface area contributed by atoms with E-state index in [-0.39, 0.29) is 5.63 Å². The zero-order chi connectivity index (χ0) is 13.9. The summed E-state index contributed by atoms with van der Waals surface area (Å²) < 4.78 is 5.25. The average Bonchev–Trinajstić information content (AvgIpc) is 2.45. The van der Waals surface area contributed by atoms with E-state index in [4.69, 9.17) is 4.42 Å². The Hall–Kier alpha value is -2.61. The van der Waals surface area contributed by atoms with Crippen molar-refractivity contribution in [3.05, 3.63) is 81.7 Å². The number of hydrogen-bond donors (Lipinski definition) is 0. The lowest BCUT2D eigenvalue weighted by Gasteiger charge is -2.01. The number of rotatable bonds is 2. The van der Waals surface area contributed by atoms with E-state index in [1.807, 2.05) is 67.6 Å². The van der Waals surface area contributed by atoms with Crippen molar-refractivity contribution in [3.63, 3.8) is 0 Å². The quantitative estimate of drug-likeness (QED) is 0.510. The third kappa shape index (κ3) is 2.54. The summed E-state index contributed by atoms with van der Waals surface area (Å²) in [5.74, 6) is 0. The first-order chi connectivity index (χ1) is 9.72. The van der Waals surface area contributed by atoms with E-state index in [0.717, 1.165) is 22.1 Å². The van der Waals surface area contributed by atoms with E-state index < -0.39 is 0 Å². The standard InChI is InChI=1S/C18H14O2/c1-13-11-18(19)20-17-12-15(9-10-16(13)17)8-7-14-5-3-2-4-6-14/h2-12H,1H3. The summed E-state index contributed by atoms with van der Waals surface area (Å²) in [6.07, 6.45) is 4.05. The molecule has 0 amide bonds. The Balaban J connectivity index is 2.01. The summed E-state index contributed by atoms with van der Waals surface area (Å²) in [6.45, 7) is 1.92. The second kappa shape index (κ2) is 5.17. The molecule has 20 heavy (non-hydrogen) atoms. The van der Waals surface area contributed by atoms with Crippen molar-refractivity contribution in [1.82, 2.24) is 0 Å². The van der Waals surface area contributed by atoms with Crippen molar-refractivity contribution in [1.29, 1.82) is 0 Å². The van der Waals surface area contributed by atoms with Crippen molar-refractivity contribution in [3.8, 4) is 0 Å². The van der Waals surface area contributed by atoms with E-state index in [0.29, 0.717) is 5.58 Å². The van der Waals surface area contributed by atoms with Crippen LogP contribution in [0.25, 0.3) is 23.1 Å². The van der Waals surface area contributed by atoms with Gasteiger partial charge in [0.1, 0.15) is 5.58 Å². The molecule has 2 heteroatoms. The Labute approximate surface area is 117 Å². The van der Waals surface area contributed by atoms with Crippen LogP contribution in [0, 0.1) is 6.92 Å². The van der Waals surface area contributed by atoms with Crippen LogP contribution in [0.4, 0.5) is 0 Å². The normalized spacial score (nSPS) is 11.2. The molecule has 0 bridgehead atoms. The van der Waals surface area contributed by atoms with Crippen LogP contribution < -0.4 is 5.63 Å². The molecule has 0 spiro atoms. The number of aryl methyl sites for hydroxylation is 1. The van der Waals surface area contributed by atoms with Crippen molar-refractivity contribution < 1.29 is 4.42 Å². The maximum absolute atomic E-state index is 11.4. The van der Waals surface area contributed by atoms with Crippen LogP contribution >= 0.6 is 0 Å². The molecule has 2 aromatic carbocycles. The topological polar surface area (TPSA) is 30.2 Å². The first-order valence-electron chi connectivity index (χ1n) is 6.50. The molecular weight excluding hydrogens is 248 g/mol. The van der Waals surface area contributed by atoms with E-state index in [9.17, 15) is 4.79 Å². The highest BCUT2D eigenvalue weighted by atomic mass is 16.4. The Morgan fingerprint density at radius 2 is 1.65 bits per heavy atom. The molecule has 0 N–H and O–H groups in total. The van der Waals surface area contributed by atoms with E-state index in [1.54, 1.807) is 0 Å². The Morgan fingerprint density at radius 1 is 0.900 bits per heavy atom. The highest BCUT2D eigenvalue weighted by Gasteiger charge is 2.01. The van der Waals surface area contributed by atoms with Gasteiger partial charge in [-0.15, -0.1) is 0 Å². The molecule has 3 aromatic rings. The molecule has 0 aliphatic rings. The zero-order valence-electron chi connectivity index (χ0n) is 11.2. The van der Waals surface area contributed by atoms with Crippen LogP contribution in [0.1, 0.15) is 16.7 Å². The van der Waals surface area contributed by atoms with Gasteiger partial charge in [-0.2, -0.15) is 0 Å². The van der Waals surface area contributed by atoms with Gasteiger partial charge in [0.25, 0.3) is 0 Å². The molecule has 98 valence electrons. The molecule has 0 saturated heterocycles. The molecule has 1 heterocycles. The minimum absolute atomic E-state index is 0.306. The molecular formula is C18H14O2. The lowest BCUT2D eigenvalue weighted by atomic mass is 10.1. The lowest BCUT2D eigenvalue weighted by Crippen LogP contribution is -1.97. The van der Waals surface area contributed by atoms with Crippen LogP contribution in [0.3, 0.4) is 0 Å². The Morgan fingerprint density at radius 3 is 2.45 bits per heavy atom. The fourth-order valence-corrected chi connectivity index (χ4v) is 2.20. The van der Waals surface area contributed by atoms with Gasteiger partial charge < -0.3 is 4.42 Å². The third-order valence-electron chi connectivity index (χ3n) is 3.24. The molecule has 0 saturated carbocycles.